The average Bonchev–Trinajstić information content (AvgIpc) is 2.89. The summed E-state index contributed by atoms with van der Waals surface area (Å²) in [6, 6.07) is 4.54. The van der Waals surface area contributed by atoms with Crippen LogP contribution >= 0.6 is 15.9 Å². The molecular weight excluding hydrogens is 312 g/mol. The summed E-state index contributed by atoms with van der Waals surface area (Å²) >= 11 is 3.28. The van der Waals surface area contributed by atoms with E-state index < -0.39 is 6.04 Å². The van der Waals surface area contributed by atoms with Crippen molar-refractivity contribution in [1.29, 1.82) is 0 Å². The van der Waals surface area contributed by atoms with Crippen molar-refractivity contribution in [1.82, 2.24) is 4.90 Å². The number of nitrogens with two attached hydrogens (primary N) is 1. The van der Waals surface area contributed by atoms with Crippen molar-refractivity contribution in [2.75, 3.05) is 19.4 Å². The fraction of sp³-hybridized carbons (Fsp3) is 0.385. The quantitative estimate of drug-likeness (QED) is 0.664. The molecule has 1 fully saturated rings. The zero-order chi connectivity index (χ0) is 14.0. The molecule has 1 amide bonds. The van der Waals surface area contributed by atoms with Gasteiger partial charge in [-0.15, -0.1) is 0 Å². The highest BCUT2D eigenvalue weighted by Crippen LogP contribution is 2.24. The van der Waals surface area contributed by atoms with Gasteiger partial charge in [0.25, 0.3) is 5.91 Å². The molecule has 0 radical (unpaired) electrons. The van der Waals surface area contributed by atoms with Crippen molar-refractivity contribution in [3.05, 3.63) is 28.2 Å². The van der Waals surface area contributed by atoms with Crippen LogP contribution in [0.2, 0.25) is 0 Å². The number of anilines is 1. The summed E-state index contributed by atoms with van der Waals surface area (Å²) in [5, 5.41) is 0. The van der Waals surface area contributed by atoms with E-state index in [9.17, 15) is 9.59 Å². The summed E-state index contributed by atoms with van der Waals surface area (Å²) in [6.07, 6.45) is 1.45. The van der Waals surface area contributed by atoms with Gasteiger partial charge >= 0.3 is 5.97 Å². The molecule has 6 heteroatoms. The molecule has 1 aromatic carbocycles. The fourth-order valence-electron chi connectivity index (χ4n) is 2.23. The number of nitrogens with zero attached hydrogens (tertiary/aromatic N) is 1. The van der Waals surface area contributed by atoms with Crippen LogP contribution in [0, 0.1) is 0 Å². The Morgan fingerprint density at radius 3 is 2.84 bits per heavy atom. The molecule has 5 nitrogen and oxygen atoms in total. The van der Waals surface area contributed by atoms with Crippen LogP contribution in [0.1, 0.15) is 23.2 Å². The van der Waals surface area contributed by atoms with Crippen LogP contribution < -0.4 is 5.73 Å². The van der Waals surface area contributed by atoms with Crippen molar-refractivity contribution in [3.8, 4) is 0 Å². The number of halogens is 1. The first-order valence-electron chi connectivity index (χ1n) is 5.98. The van der Waals surface area contributed by atoms with E-state index in [-0.39, 0.29) is 11.9 Å². The maximum atomic E-state index is 12.4. The van der Waals surface area contributed by atoms with Gasteiger partial charge in [-0.05, 0) is 47.0 Å². The molecule has 0 spiro atoms. The van der Waals surface area contributed by atoms with E-state index in [4.69, 9.17) is 10.5 Å². The van der Waals surface area contributed by atoms with Crippen molar-refractivity contribution >= 4 is 33.5 Å². The highest BCUT2D eigenvalue weighted by Gasteiger charge is 2.35. The van der Waals surface area contributed by atoms with E-state index >= 15 is 0 Å². The van der Waals surface area contributed by atoms with Gasteiger partial charge in [0.2, 0.25) is 0 Å². The Balaban J connectivity index is 2.23. The molecule has 2 N–H and O–H groups in total. The van der Waals surface area contributed by atoms with Gasteiger partial charge in [0.15, 0.2) is 0 Å². The fourth-order valence-corrected chi connectivity index (χ4v) is 2.48. The summed E-state index contributed by atoms with van der Waals surface area (Å²) in [7, 11) is 1.33. The second-order valence-corrected chi connectivity index (χ2v) is 5.27. The third-order valence-electron chi connectivity index (χ3n) is 3.23. The Bertz CT molecular complexity index is 519. The number of hydrogen-bond donors (Lipinski definition) is 1. The molecule has 1 aliphatic heterocycles. The van der Waals surface area contributed by atoms with Crippen molar-refractivity contribution in [2.24, 2.45) is 0 Å². The first-order chi connectivity index (χ1) is 9.04. The van der Waals surface area contributed by atoms with Crippen LogP contribution in [0.5, 0.6) is 0 Å². The highest BCUT2D eigenvalue weighted by molar-refractivity contribution is 9.10. The Morgan fingerprint density at radius 2 is 2.21 bits per heavy atom. The summed E-state index contributed by atoms with van der Waals surface area (Å²) in [5.41, 5.74) is 6.75. The summed E-state index contributed by atoms with van der Waals surface area (Å²) in [4.78, 5) is 25.6. The van der Waals surface area contributed by atoms with Crippen molar-refractivity contribution in [2.45, 2.75) is 18.9 Å². The molecule has 1 aliphatic rings. The minimum absolute atomic E-state index is 0.188. The molecule has 1 aromatic rings. The molecule has 19 heavy (non-hydrogen) atoms. The van der Waals surface area contributed by atoms with Crippen LogP contribution in [0.15, 0.2) is 22.7 Å². The number of esters is 1. The second kappa shape index (κ2) is 5.61. The molecule has 2 rings (SSSR count). The SMILES string of the molecule is COC(=O)C1CCCN1C(=O)c1ccc(Br)c(N)c1. The Labute approximate surface area is 119 Å². The number of carbonyl (C=O) groups excluding carboxylic acids is 2. The molecule has 1 atom stereocenters. The first-order valence-corrected chi connectivity index (χ1v) is 6.77. The molecule has 0 bridgehead atoms. The van der Waals surface area contributed by atoms with Gasteiger partial charge in [-0.2, -0.15) is 0 Å². The number of amides is 1. The number of carbonyl (C=O) groups is 2. The maximum Gasteiger partial charge on any atom is 0.328 e. The number of nitrogen functional groups attached to an aromatic ring is 1. The molecule has 0 aromatic heterocycles. The summed E-state index contributed by atoms with van der Waals surface area (Å²) in [5.74, 6) is -0.553. The van der Waals surface area contributed by atoms with Gasteiger partial charge in [0.05, 0.1) is 7.11 Å². The maximum absolute atomic E-state index is 12.4. The van der Waals surface area contributed by atoms with Gasteiger partial charge in [-0.3, -0.25) is 4.79 Å². The van der Waals surface area contributed by atoms with Crippen LogP contribution in [0.25, 0.3) is 0 Å². The number of methoxy groups -OCH3 is 1. The molecule has 1 unspecified atom stereocenters. The lowest BCUT2D eigenvalue weighted by molar-refractivity contribution is -0.145. The first kappa shape index (κ1) is 13.9. The van der Waals surface area contributed by atoms with E-state index in [1.54, 1.807) is 23.1 Å². The van der Waals surface area contributed by atoms with Crippen molar-refractivity contribution in [3.63, 3.8) is 0 Å². The minimum atomic E-state index is -0.484. The number of benzene rings is 1. The Hall–Kier alpha value is -1.56. The van der Waals surface area contributed by atoms with Crippen LogP contribution in [0.3, 0.4) is 0 Å². The Morgan fingerprint density at radius 1 is 1.47 bits per heavy atom. The lowest BCUT2D eigenvalue weighted by atomic mass is 10.1. The molecular formula is C13H15BrN2O3. The zero-order valence-electron chi connectivity index (χ0n) is 10.6. The van der Waals surface area contributed by atoms with Crippen molar-refractivity contribution < 1.29 is 14.3 Å². The minimum Gasteiger partial charge on any atom is -0.467 e. The number of likely N-dealkylation sites (tertiary alicyclic amines) is 1. The normalized spacial score (nSPS) is 18.4. The largest absolute Gasteiger partial charge is 0.467 e. The third kappa shape index (κ3) is 2.73. The van der Waals surface area contributed by atoms with Gasteiger partial charge < -0.3 is 15.4 Å². The monoisotopic (exact) mass is 326 g/mol. The number of rotatable bonds is 2. The van der Waals surface area contributed by atoms with Gasteiger partial charge in [-0.1, -0.05) is 0 Å². The predicted molar refractivity (Wildman–Crippen MR) is 74.6 cm³/mol. The number of ether oxygens (including phenoxy) is 1. The van der Waals surface area contributed by atoms with E-state index in [2.05, 4.69) is 15.9 Å². The molecule has 102 valence electrons. The van der Waals surface area contributed by atoms with E-state index in [0.717, 1.165) is 10.9 Å². The topological polar surface area (TPSA) is 72.6 Å². The molecule has 0 saturated carbocycles. The zero-order valence-corrected chi connectivity index (χ0v) is 12.1. The predicted octanol–water partition coefficient (Wildman–Crippen LogP) is 1.81. The molecule has 0 aliphatic carbocycles. The lowest BCUT2D eigenvalue weighted by Crippen LogP contribution is -2.41. The lowest BCUT2D eigenvalue weighted by Gasteiger charge is -2.22. The molecule has 1 saturated heterocycles. The van der Waals surface area contributed by atoms with Gasteiger partial charge in [0, 0.05) is 22.3 Å². The molecule has 1 heterocycles. The van der Waals surface area contributed by atoms with Crippen LogP contribution in [0.4, 0.5) is 5.69 Å². The van der Waals surface area contributed by atoms with Gasteiger partial charge in [-0.25, -0.2) is 4.79 Å². The van der Waals surface area contributed by atoms with E-state index in [1.807, 2.05) is 0 Å². The summed E-state index contributed by atoms with van der Waals surface area (Å²) in [6.45, 7) is 0.564. The third-order valence-corrected chi connectivity index (χ3v) is 3.95. The highest BCUT2D eigenvalue weighted by atomic mass is 79.9. The summed E-state index contributed by atoms with van der Waals surface area (Å²) < 4.78 is 5.47. The standard InChI is InChI=1S/C13H15BrN2O3/c1-19-13(18)11-3-2-6-16(11)12(17)8-4-5-9(14)10(15)7-8/h4-5,7,11H,2-3,6,15H2,1H3. The van der Waals surface area contributed by atoms with Gasteiger partial charge in [0.1, 0.15) is 6.04 Å². The van der Waals surface area contributed by atoms with E-state index in [1.165, 1.54) is 7.11 Å². The Kier molecular flexibility index (Phi) is 4.09. The van der Waals surface area contributed by atoms with Crippen LogP contribution in [-0.4, -0.2) is 36.5 Å². The van der Waals surface area contributed by atoms with Crippen LogP contribution in [-0.2, 0) is 9.53 Å². The number of hydrogen-bond acceptors (Lipinski definition) is 4. The smallest absolute Gasteiger partial charge is 0.328 e. The second-order valence-electron chi connectivity index (χ2n) is 4.42. The van der Waals surface area contributed by atoms with E-state index in [0.29, 0.717) is 24.2 Å². The average molecular weight is 327 g/mol.